The monoisotopic (exact) mass is 382 g/mol. The lowest BCUT2D eigenvalue weighted by Gasteiger charge is -2.18. The van der Waals surface area contributed by atoms with Gasteiger partial charge in [0.2, 0.25) is 0 Å². The van der Waals surface area contributed by atoms with Crippen LogP contribution in [-0.4, -0.2) is 24.1 Å². The minimum absolute atomic E-state index is 0.0521. The highest BCUT2D eigenvalue weighted by Gasteiger charge is 2.16. The number of hydrogen-bond donors (Lipinski definition) is 1. The molecule has 134 valence electrons. The number of aromatic nitrogens is 1. The van der Waals surface area contributed by atoms with Gasteiger partial charge in [-0.1, -0.05) is 37.0 Å². The fourth-order valence-corrected chi connectivity index (χ4v) is 2.72. The van der Waals surface area contributed by atoms with Crippen LogP contribution in [0.1, 0.15) is 37.0 Å². The lowest BCUT2D eigenvalue weighted by Crippen LogP contribution is -2.16. The van der Waals surface area contributed by atoms with Crippen molar-refractivity contribution in [2.24, 2.45) is 0 Å². The zero-order chi connectivity index (χ0) is 18.4. The van der Waals surface area contributed by atoms with E-state index in [4.69, 9.17) is 32.7 Å². The van der Waals surface area contributed by atoms with Crippen molar-refractivity contribution in [3.63, 3.8) is 0 Å². The number of carbonyl (C=O) groups is 1. The summed E-state index contributed by atoms with van der Waals surface area (Å²) in [5, 5.41) is 3.23. The maximum atomic E-state index is 12.6. The van der Waals surface area contributed by atoms with Gasteiger partial charge >= 0.3 is 0 Å². The molecule has 5 nitrogen and oxygen atoms in total. The van der Waals surface area contributed by atoms with Crippen LogP contribution in [0.25, 0.3) is 0 Å². The molecule has 2 aromatic rings. The Bertz CT molecular complexity index is 729. The summed E-state index contributed by atoms with van der Waals surface area (Å²) in [7, 11) is 1.56. The van der Waals surface area contributed by atoms with Gasteiger partial charge in [0, 0.05) is 18.0 Å². The Labute approximate surface area is 157 Å². The predicted molar refractivity (Wildman–Crippen MR) is 100 cm³/mol. The molecule has 7 heteroatoms. The number of carbonyl (C=O) groups excluding carboxylic acids is 1. The van der Waals surface area contributed by atoms with Crippen LogP contribution in [0.3, 0.4) is 0 Å². The second kappa shape index (κ2) is 8.92. The van der Waals surface area contributed by atoms with E-state index in [0.717, 1.165) is 12.8 Å². The summed E-state index contributed by atoms with van der Waals surface area (Å²) in [5.74, 6) is 0.742. The molecule has 0 spiro atoms. The fraction of sp³-hybridized carbons (Fsp3) is 0.333. The Morgan fingerprint density at radius 1 is 1.16 bits per heavy atom. The molecule has 0 saturated carbocycles. The molecule has 0 unspecified atom stereocenters. The molecule has 2 rings (SSSR count). The Balaban J connectivity index is 2.28. The molecule has 0 aliphatic heterocycles. The van der Waals surface area contributed by atoms with Crippen LogP contribution < -0.4 is 14.8 Å². The van der Waals surface area contributed by atoms with Gasteiger partial charge in [-0.15, -0.1) is 0 Å². The summed E-state index contributed by atoms with van der Waals surface area (Å²) in [6.45, 7) is 4.09. The first kappa shape index (κ1) is 19.3. The Kier molecular flexibility index (Phi) is 6.91. The Hall–Kier alpha value is -1.98. The van der Waals surface area contributed by atoms with Gasteiger partial charge in [0.15, 0.2) is 11.5 Å². The number of nitrogens with zero attached hydrogens (tertiary/aromatic N) is 1. The SMILES string of the molecule is CCC(CC)Oc1cc(C(=O)Nc2c(Cl)cncc2Cl)ccc1OC. The van der Waals surface area contributed by atoms with Gasteiger partial charge in [-0.25, -0.2) is 0 Å². The molecular formula is C18H20Cl2N2O3. The highest BCUT2D eigenvalue weighted by molar-refractivity contribution is 6.39. The lowest BCUT2D eigenvalue weighted by atomic mass is 10.1. The van der Waals surface area contributed by atoms with Gasteiger partial charge in [0.25, 0.3) is 5.91 Å². The maximum Gasteiger partial charge on any atom is 0.255 e. The minimum Gasteiger partial charge on any atom is -0.493 e. The standard InChI is InChI=1S/C18H20Cl2N2O3/c1-4-12(5-2)25-16-8-11(6-7-15(16)24-3)18(23)22-17-13(19)9-21-10-14(17)20/h6-10,12H,4-5H2,1-3H3,(H,21,22,23). The summed E-state index contributed by atoms with van der Waals surface area (Å²) in [5.41, 5.74) is 0.729. The van der Waals surface area contributed by atoms with Gasteiger partial charge < -0.3 is 14.8 Å². The summed E-state index contributed by atoms with van der Waals surface area (Å²) in [6, 6.07) is 4.99. The number of nitrogens with one attached hydrogen (secondary N) is 1. The number of hydrogen-bond acceptors (Lipinski definition) is 4. The normalized spacial score (nSPS) is 10.6. The first-order chi connectivity index (χ1) is 12.0. The largest absolute Gasteiger partial charge is 0.493 e. The number of anilines is 1. The van der Waals surface area contributed by atoms with Crippen LogP contribution in [0.5, 0.6) is 11.5 Å². The lowest BCUT2D eigenvalue weighted by molar-refractivity contribution is 0.102. The third-order valence-corrected chi connectivity index (χ3v) is 4.30. The van der Waals surface area contributed by atoms with Gasteiger partial charge in [-0.2, -0.15) is 0 Å². The quantitative estimate of drug-likeness (QED) is 0.713. The average Bonchev–Trinajstić information content (AvgIpc) is 2.62. The van der Waals surface area contributed by atoms with Crippen molar-refractivity contribution >= 4 is 34.8 Å². The van der Waals surface area contributed by atoms with E-state index >= 15 is 0 Å². The molecule has 0 atom stereocenters. The van der Waals surface area contributed by atoms with Crippen molar-refractivity contribution in [1.29, 1.82) is 0 Å². The van der Waals surface area contributed by atoms with E-state index in [2.05, 4.69) is 10.3 Å². The molecule has 1 N–H and O–H groups in total. The van der Waals surface area contributed by atoms with Crippen molar-refractivity contribution in [3.8, 4) is 11.5 Å². The van der Waals surface area contributed by atoms with E-state index in [-0.39, 0.29) is 22.1 Å². The van der Waals surface area contributed by atoms with Crippen molar-refractivity contribution < 1.29 is 14.3 Å². The minimum atomic E-state index is -0.355. The predicted octanol–water partition coefficient (Wildman–Crippen LogP) is 5.22. The second-order valence-electron chi connectivity index (χ2n) is 5.35. The van der Waals surface area contributed by atoms with Crippen molar-refractivity contribution in [2.75, 3.05) is 12.4 Å². The fourth-order valence-electron chi connectivity index (χ4n) is 2.26. The summed E-state index contributed by atoms with van der Waals surface area (Å²) < 4.78 is 11.3. The van der Waals surface area contributed by atoms with E-state index in [1.807, 2.05) is 13.8 Å². The molecular weight excluding hydrogens is 363 g/mol. The third kappa shape index (κ3) is 4.77. The zero-order valence-electron chi connectivity index (χ0n) is 14.3. The highest BCUT2D eigenvalue weighted by Crippen LogP contribution is 2.32. The Morgan fingerprint density at radius 3 is 2.36 bits per heavy atom. The number of halogens is 2. The number of benzene rings is 1. The van der Waals surface area contributed by atoms with Crippen LogP contribution in [0.2, 0.25) is 10.0 Å². The number of pyridine rings is 1. The summed E-state index contributed by atoms with van der Waals surface area (Å²) in [4.78, 5) is 16.4. The summed E-state index contributed by atoms with van der Waals surface area (Å²) in [6.07, 6.45) is 4.60. The van der Waals surface area contributed by atoms with Gasteiger partial charge in [-0.3, -0.25) is 9.78 Å². The van der Waals surface area contributed by atoms with E-state index in [1.165, 1.54) is 12.4 Å². The molecule has 0 saturated heterocycles. The van der Waals surface area contributed by atoms with E-state index in [0.29, 0.717) is 22.7 Å². The molecule has 1 heterocycles. The van der Waals surface area contributed by atoms with Crippen LogP contribution >= 0.6 is 23.2 Å². The molecule has 0 aliphatic carbocycles. The highest BCUT2D eigenvalue weighted by atomic mass is 35.5. The second-order valence-corrected chi connectivity index (χ2v) is 6.17. The third-order valence-electron chi connectivity index (χ3n) is 3.72. The Morgan fingerprint density at radius 2 is 1.80 bits per heavy atom. The summed E-state index contributed by atoms with van der Waals surface area (Å²) >= 11 is 12.1. The van der Waals surface area contributed by atoms with Gasteiger partial charge in [0.1, 0.15) is 0 Å². The smallest absolute Gasteiger partial charge is 0.255 e. The van der Waals surface area contributed by atoms with Crippen LogP contribution in [0, 0.1) is 0 Å². The first-order valence-corrected chi connectivity index (χ1v) is 8.70. The van der Waals surface area contributed by atoms with Crippen molar-refractivity contribution in [1.82, 2.24) is 4.98 Å². The topological polar surface area (TPSA) is 60.5 Å². The molecule has 0 bridgehead atoms. The molecule has 0 radical (unpaired) electrons. The molecule has 0 fully saturated rings. The molecule has 1 amide bonds. The number of ether oxygens (including phenoxy) is 2. The zero-order valence-corrected chi connectivity index (χ0v) is 15.8. The van der Waals surface area contributed by atoms with Crippen LogP contribution in [0.15, 0.2) is 30.6 Å². The maximum absolute atomic E-state index is 12.6. The van der Waals surface area contributed by atoms with E-state index in [1.54, 1.807) is 25.3 Å². The average molecular weight is 383 g/mol. The van der Waals surface area contributed by atoms with E-state index in [9.17, 15) is 4.79 Å². The van der Waals surface area contributed by atoms with Crippen molar-refractivity contribution in [2.45, 2.75) is 32.8 Å². The van der Waals surface area contributed by atoms with Gasteiger partial charge in [-0.05, 0) is 31.0 Å². The van der Waals surface area contributed by atoms with Crippen LogP contribution in [0.4, 0.5) is 5.69 Å². The van der Waals surface area contributed by atoms with Gasteiger partial charge in [0.05, 0.1) is 28.9 Å². The number of amides is 1. The molecule has 1 aromatic carbocycles. The number of rotatable bonds is 7. The van der Waals surface area contributed by atoms with Crippen molar-refractivity contribution in [3.05, 3.63) is 46.2 Å². The molecule has 1 aromatic heterocycles. The molecule has 0 aliphatic rings. The first-order valence-electron chi connectivity index (χ1n) is 7.95. The molecule has 25 heavy (non-hydrogen) atoms. The van der Waals surface area contributed by atoms with Crippen LogP contribution in [-0.2, 0) is 0 Å². The van der Waals surface area contributed by atoms with E-state index < -0.39 is 0 Å². The number of methoxy groups -OCH3 is 1.